The van der Waals surface area contributed by atoms with E-state index in [1.807, 2.05) is 0 Å². The molecule has 0 heterocycles. The van der Waals surface area contributed by atoms with Crippen LogP contribution in [0.2, 0.25) is 0 Å². The fourth-order valence-electron chi connectivity index (χ4n) is 4.51. The van der Waals surface area contributed by atoms with Gasteiger partial charge < -0.3 is 0 Å². The first kappa shape index (κ1) is 19.4. The lowest BCUT2D eigenvalue weighted by atomic mass is 10.2. The molecule has 0 amide bonds. The van der Waals surface area contributed by atoms with Crippen molar-refractivity contribution in [3.8, 4) is 0 Å². The molecule has 144 valence electrons. The third-order valence-corrected chi connectivity index (χ3v) is 10.5. The van der Waals surface area contributed by atoms with Crippen LogP contribution in [-0.4, -0.2) is 8.07 Å². The van der Waals surface area contributed by atoms with Crippen LogP contribution in [0.3, 0.4) is 0 Å². The lowest BCUT2D eigenvalue weighted by Crippen LogP contribution is -2.75. The molecule has 0 bridgehead atoms. The molecule has 0 saturated heterocycles. The third-order valence-electron chi connectivity index (χ3n) is 5.80. The Balaban J connectivity index is 2.19. The summed E-state index contributed by atoms with van der Waals surface area (Å²) in [5.74, 6) is 0. The van der Waals surface area contributed by atoms with E-state index in [-0.39, 0.29) is 0 Å². The molecule has 1 heteroatoms. The Kier molecular flexibility index (Phi) is 5.25. The van der Waals surface area contributed by atoms with Gasteiger partial charge >= 0.3 is 0 Å². The van der Waals surface area contributed by atoms with Crippen molar-refractivity contribution in [3.05, 3.63) is 119 Å². The van der Waals surface area contributed by atoms with E-state index >= 15 is 0 Å². The second kappa shape index (κ2) is 7.85. The zero-order valence-electron chi connectivity index (χ0n) is 17.7. The molecule has 0 saturated carbocycles. The third kappa shape index (κ3) is 3.59. The van der Waals surface area contributed by atoms with Gasteiger partial charge in [0.25, 0.3) is 0 Å². The molecule has 0 aliphatic heterocycles. The predicted molar refractivity (Wildman–Crippen MR) is 129 cm³/mol. The van der Waals surface area contributed by atoms with E-state index in [0.29, 0.717) is 0 Å². The Morgan fingerprint density at radius 2 is 0.621 bits per heavy atom. The maximum absolute atomic E-state index is 2.43. The topological polar surface area (TPSA) is 0 Å². The first-order valence-electron chi connectivity index (χ1n) is 10.3. The van der Waals surface area contributed by atoms with E-state index in [1.54, 1.807) is 0 Å². The zero-order chi connectivity index (χ0) is 20.4. The number of aryl methyl sites for hydroxylation is 4. The van der Waals surface area contributed by atoms with Gasteiger partial charge in [-0.1, -0.05) is 119 Å². The van der Waals surface area contributed by atoms with Crippen LogP contribution in [0.15, 0.2) is 97.1 Å². The quantitative estimate of drug-likeness (QED) is 0.359. The van der Waals surface area contributed by atoms with Crippen molar-refractivity contribution in [2.45, 2.75) is 27.7 Å². The van der Waals surface area contributed by atoms with Crippen molar-refractivity contribution >= 4 is 28.8 Å². The fraction of sp³-hybridized carbons (Fsp3) is 0.143. The molecule has 0 nitrogen and oxygen atoms in total. The average Bonchev–Trinajstić information content (AvgIpc) is 2.69. The van der Waals surface area contributed by atoms with Gasteiger partial charge in [-0.15, -0.1) is 0 Å². The zero-order valence-corrected chi connectivity index (χ0v) is 18.7. The molecule has 0 aromatic heterocycles. The summed E-state index contributed by atoms with van der Waals surface area (Å²) in [6, 6.07) is 36.6. The van der Waals surface area contributed by atoms with Crippen LogP contribution < -0.4 is 20.7 Å². The van der Waals surface area contributed by atoms with Crippen molar-refractivity contribution in [3.63, 3.8) is 0 Å². The first-order chi connectivity index (χ1) is 14.0. The summed E-state index contributed by atoms with van der Waals surface area (Å²) in [6.45, 7) is 8.80. The maximum atomic E-state index is 2.40. The van der Waals surface area contributed by atoms with E-state index < -0.39 is 8.07 Å². The number of hydrogen-bond acceptors (Lipinski definition) is 0. The Morgan fingerprint density at radius 3 is 0.828 bits per heavy atom. The van der Waals surface area contributed by atoms with Gasteiger partial charge in [0.2, 0.25) is 0 Å². The molecule has 0 radical (unpaired) electrons. The van der Waals surface area contributed by atoms with Crippen molar-refractivity contribution in [2.24, 2.45) is 0 Å². The van der Waals surface area contributed by atoms with E-state index in [4.69, 9.17) is 0 Å². The standard InChI is InChI=1S/C28H28Si/c1-21-9-5-13-25(17-21)29(26-14-6-10-22(2)18-26,27-15-7-11-23(3)19-27)28-16-8-12-24(4)20-28/h5-20H,1-4H3. The molecule has 0 fully saturated rings. The molecule has 4 aromatic carbocycles. The molecule has 4 rings (SSSR count). The second-order valence-corrected chi connectivity index (χ2v) is 12.0. The summed E-state index contributed by atoms with van der Waals surface area (Å²) in [7, 11) is -2.43. The Bertz CT molecular complexity index is 969. The SMILES string of the molecule is Cc1cccc([Si](c2cccc(C)c2)(c2cccc(C)c2)c2cccc(C)c2)c1. The van der Waals surface area contributed by atoms with Gasteiger partial charge in [0.1, 0.15) is 0 Å². The van der Waals surface area contributed by atoms with E-state index in [1.165, 1.54) is 43.0 Å². The summed E-state index contributed by atoms with van der Waals surface area (Å²) in [5, 5.41) is 5.78. The fourth-order valence-corrected chi connectivity index (χ4v) is 9.67. The van der Waals surface area contributed by atoms with E-state index in [2.05, 4.69) is 125 Å². The minimum Gasteiger partial charge on any atom is -0.0621 e. The van der Waals surface area contributed by atoms with Gasteiger partial charge in [-0.3, -0.25) is 0 Å². The van der Waals surface area contributed by atoms with Gasteiger partial charge in [-0.05, 0) is 48.4 Å². The minimum absolute atomic E-state index is 1.31. The molecule has 0 N–H and O–H groups in total. The van der Waals surface area contributed by atoms with Crippen LogP contribution in [0.1, 0.15) is 22.3 Å². The van der Waals surface area contributed by atoms with Gasteiger partial charge in [-0.25, -0.2) is 0 Å². The summed E-state index contributed by atoms with van der Waals surface area (Å²) < 4.78 is 0. The molecule has 0 aliphatic carbocycles. The molecular weight excluding hydrogens is 364 g/mol. The number of hydrogen-bond donors (Lipinski definition) is 0. The molecule has 4 aromatic rings. The lowest BCUT2D eigenvalue weighted by molar-refractivity contribution is 1.46. The Hall–Kier alpha value is -2.90. The highest BCUT2D eigenvalue weighted by atomic mass is 28.3. The molecule has 0 aliphatic rings. The van der Waals surface area contributed by atoms with Crippen LogP contribution in [-0.2, 0) is 0 Å². The summed E-state index contributed by atoms with van der Waals surface area (Å²) in [5.41, 5.74) is 5.25. The van der Waals surface area contributed by atoms with Crippen LogP contribution in [0.5, 0.6) is 0 Å². The van der Waals surface area contributed by atoms with Crippen LogP contribution >= 0.6 is 0 Å². The lowest BCUT2D eigenvalue weighted by Gasteiger charge is -2.35. The summed E-state index contributed by atoms with van der Waals surface area (Å²) >= 11 is 0. The highest BCUT2D eigenvalue weighted by molar-refractivity contribution is 7.19. The molecule has 29 heavy (non-hydrogen) atoms. The van der Waals surface area contributed by atoms with Gasteiger partial charge in [0.15, 0.2) is 8.07 Å². The Labute approximate surface area is 175 Å². The molecule has 0 spiro atoms. The van der Waals surface area contributed by atoms with Crippen molar-refractivity contribution in [2.75, 3.05) is 0 Å². The largest absolute Gasteiger partial charge is 0.179 e. The average molecular weight is 393 g/mol. The molecule has 0 unspecified atom stereocenters. The number of benzene rings is 4. The maximum Gasteiger partial charge on any atom is 0.179 e. The predicted octanol–water partition coefficient (Wildman–Crippen LogP) is 4.30. The van der Waals surface area contributed by atoms with Crippen molar-refractivity contribution in [1.29, 1.82) is 0 Å². The van der Waals surface area contributed by atoms with Crippen LogP contribution in [0.4, 0.5) is 0 Å². The van der Waals surface area contributed by atoms with Crippen LogP contribution in [0.25, 0.3) is 0 Å². The van der Waals surface area contributed by atoms with Crippen LogP contribution in [0, 0.1) is 27.7 Å². The normalized spacial score (nSPS) is 11.4. The van der Waals surface area contributed by atoms with Crippen molar-refractivity contribution < 1.29 is 0 Å². The molecular formula is C28H28Si. The van der Waals surface area contributed by atoms with E-state index in [0.717, 1.165) is 0 Å². The second-order valence-electron chi connectivity index (χ2n) is 8.23. The highest BCUT2D eigenvalue weighted by Gasteiger charge is 2.41. The van der Waals surface area contributed by atoms with Crippen molar-refractivity contribution in [1.82, 2.24) is 0 Å². The smallest absolute Gasteiger partial charge is 0.0621 e. The first-order valence-corrected chi connectivity index (χ1v) is 12.3. The number of rotatable bonds is 4. The monoisotopic (exact) mass is 392 g/mol. The van der Waals surface area contributed by atoms with Gasteiger partial charge in [0, 0.05) is 0 Å². The Morgan fingerprint density at radius 1 is 0.379 bits per heavy atom. The minimum atomic E-state index is -2.43. The van der Waals surface area contributed by atoms with Gasteiger partial charge in [-0.2, -0.15) is 0 Å². The summed E-state index contributed by atoms with van der Waals surface area (Å²) in [4.78, 5) is 0. The highest BCUT2D eigenvalue weighted by Crippen LogP contribution is 2.13. The summed E-state index contributed by atoms with van der Waals surface area (Å²) in [6.07, 6.45) is 0. The van der Waals surface area contributed by atoms with E-state index in [9.17, 15) is 0 Å². The molecule has 0 atom stereocenters. The van der Waals surface area contributed by atoms with Gasteiger partial charge in [0.05, 0.1) is 0 Å².